The molecule has 6 rings (SSSR count). The molecule has 3 amide bonds. The first kappa shape index (κ1) is 21.5. The number of anilines is 2. The highest BCUT2D eigenvalue weighted by Gasteiger charge is 2.61. The van der Waals surface area contributed by atoms with E-state index in [0.717, 1.165) is 30.0 Å². The molecule has 2 aliphatic carbocycles. The zero-order chi connectivity index (χ0) is 24.1. The predicted molar refractivity (Wildman–Crippen MR) is 130 cm³/mol. The molecular weight excluding hydrogens is 444 g/mol. The Balaban J connectivity index is 1.13. The van der Waals surface area contributed by atoms with Crippen molar-refractivity contribution < 1.29 is 23.9 Å². The Labute approximate surface area is 202 Å². The molecule has 176 valence electrons. The van der Waals surface area contributed by atoms with Gasteiger partial charge >= 0.3 is 5.97 Å². The molecule has 3 aromatic carbocycles. The Morgan fingerprint density at radius 3 is 2.34 bits per heavy atom. The van der Waals surface area contributed by atoms with Crippen LogP contribution in [0.15, 0.2) is 66.7 Å². The number of carbonyl (C=O) groups is 4. The van der Waals surface area contributed by atoms with E-state index in [4.69, 9.17) is 4.74 Å². The quantitative estimate of drug-likeness (QED) is 0.448. The number of nitrogens with zero attached hydrogens (tertiary/aromatic N) is 1. The highest BCUT2D eigenvalue weighted by molar-refractivity contribution is 6.22. The van der Waals surface area contributed by atoms with Crippen LogP contribution in [-0.2, 0) is 19.1 Å². The highest BCUT2D eigenvalue weighted by atomic mass is 16.5. The van der Waals surface area contributed by atoms with E-state index < -0.39 is 18.5 Å². The number of rotatable bonds is 5. The lowest BCUT2D eigenvalue weighted by Gasteiger charge is -2.19. The van der Waals surface area contributed by atoms with Crippen molar-refractivity contribution in [1.82, 2.24) is 0 Å². The smallest absolute Gasteiger partial charge is 0.338 e. The summed E-state index contributed by atoms with van der Waals surface area (Å²) < 4.78 is 5.22. The second-order valence-electron chi connectivity index (χ2n) is 9.60. The molecule has 1 saturated heterocycles. The normalized spacial score (nSPS) is 24.6. The minimum absolute atomic E-state index is 0.160. The molecule has 0 radical (unpaired) electrons. The Kier molecular flexibility index (Phi) is 5.13. The molecule has 3 aliphatic rings. The Morgan fingerprint density at radius 2 is 1.57 bits per heavy atom. The third-order valence-corrected chi connectivity index (χ3v) is 7.67. The van der Waals surface area contributed by atoms with Crippen molar-refractivity contribution in [3.05, 3.63) is 72.3 Å². The second-order valence-corrected chi connectivity index (χ2v) is 9.60. The first-order chi connectivity index (χ1) is 17.0. The van der Waals surface area contributed by atoms with Gasteiger partial charge in [0.15, 0.2) is 6.61 Å². The summed E-state index contributed by atoms with van der Waals surface area (Å²) in [7, 11) is 0. The van der Waals surface area contributed by atoms with Gasteiger partial charge in [-0.05, 0) is 60.7 Å². The van der Waals surface area contributed by atoms with Gasteiger partial charge in [0.1, 0.15) is 0 Å². The number of imide groups is 1. The summed E-state index contributed by atoms with van der Waals surface area (Å²) in [6, 6.07) is 19.6. The number of hydrogen-bond donors (Lipinski definition) is 1. The monoisotopic (exact) mass is 468 g/mol. The molecule has 3 aromatic rings. The molecule has 0 spiro atoms. The number of benzene rings is 3. The maximum absolute atomic E-state index is 13.1. The number of hydrogen-bond acceptors (Lipinski definition) is 5. The van der Waals surface area contributed by atoms with Crippen molar-refractivity contribution in [2.45, 2.75) is 19.3 Å². The lowest BCUT2D eigenvalue weighted by atomic mass is 9.81. The lowest BCUT2D eigenvalue weighted by Crippen LogP contribution is -2.32. The van der Waals surface area contributed by atoms with Gasteiger partial charge in [0.25, 0.3) is 5.91 Å². The second kappa shape index (κ2) is 8.34. The average molecular weight is 469 g/mol. The summed E-state index contributed by atoms with van der Waals surface area (Å²) in [4.78, 5) is 52.5. The van der Waals surface area contributed by atoms with Crippen LogP contribution in [0, 0.1) is 23.7 Å². The fourth-order valence-electron chi connectivity index (χ4n) is 6.17. The average Bonchev–Trinajstić information content (AvgIpc) is 3.56. The summed E-state index contributed by atoms with van der Waals surface area (Å²) in [5.41, 5.74) is 1.20. The molecule has 35 heavy (non-hydrogen) atoms. The van der Waals surface area contributed by atoms with Crippen LogP contribution < -0.4 is 10.2 Å². The van der Waals surface area contributed by atoms with E-state index in [1.807, 2.05) is 36.4 Å². The van der Waals surface area contributed by atoms with E-state index in [9.17, 15) is 19.2 Å². The third kappa shape index (κ3) is 3.58. The fraction of sp³-hybridized carbons (Fsp3) is 0.286. The Morgan fingerprint density at radius 1 is 0.886 bits per heavy atom. The molecule has 2 bridgehead atoms. The lowest BCUT2D eigenvalue weighted by molar-refractivity contribution is -0.123. The number of esters is 1. The minimum Gasteiger partial charge on any atom is -0.452 e. The van der Waals surface area contributed by atoms with Gasteiger partial charge in [0.05, 0.1) is 23.1 Å². The van der Waals surface area contributed by atoms with Crippen molar-refractivity contribution in [1.29, 1.82) is 0 Å². The summed E-state index contributed by atoms with van der Waals surface area (Å²) in [5, 5.41) is 4.66. The van der Waals surface area contributed by atoms with Crippen LogP contribution in [0.1, 0.15) is 29.6 Å². The van der Waals surface area contributed by atoms with Gasteiger partial charge in [-0.25, -0.2) is 4.79 Å². The van der Waals surface area contributed by atoms with Crippen LogP contribution in [0.3, 0.4) is 0 Å². The van der Waals surface area contributed by atoms with Crippen molar-refractivity contribution in [3.63, 3.8) is 0 Å². The molecule has 0 aromatic heterocycles. The van der Waals surface area contributed by atoms with Crippen molar-refractivity contribution in [2.75, 3.05) is 16.8 Å². The molecule has 4 atom stereocenters. The number of carbonyl (C=O) groups excluding carboxylic acids is 4. The van der Waals surface area contributed by atoms with Crippen LogP contribution in [0.4, 0.5) is 11.4 Å². The summed E-state index contributed by atoms with van der Waals surface area (Å²) in [5.74, 6) is -1.35. The van der Waals surface area contributed by atoms with E-state index >= 15 is 0 Å². The first-order valence-electron chi connectivity index (χ1n) is 11.9. The van der Waals surface area contributed by atoms with Gasteiger partial charge in [-0.2, -0.15) is 0 Å². The van der Waals surface area contributed by atoms with Crippen LogP contribution in [-0.4, -0.2) is 30.3 Å². The van der Waals surface area contributed by atoms with Gasteiger partial charge in [0.2, 0.25) is 11.8 Å². The van der Waals surface area contributed by atoms with Gasteiger partial charge in [-0.1, -0.05) is 42.5 Å². The van der Waals surface area contributed by atoms with Gasteiger partial charge < -0.3 is 10.1 Å². The van der Waals surface area contributed by atoms with Gasteiger partial charge in [-0.15, -0.1) is 0 Å². The molecule has 2 saturated carbocycles. The van der Waals surface area contributed by atoms with Crippen molar-refractivity contribution in [2.24, 2.45) is 23.7 Å². The third-order valence-electron chi connectivity index (χ3n) is 7.67. The number of nitrogens with one attached hydrogen (secondary N) is 1. The summed E-state index contributed by atoms with van der Waals surface area (Å²) in [6.45, 7) is -0.457. The van der Waals surface area contributed by atoms with Gasteiger partial charge in [0, 0.05) is 11.1 Å². The fourth-order valence-corrected chi connectivity index (χ4v) is 6.17. The standard InChI is InChI=1S/C28H24N2O5/c31-23(29-22-10-4-6-16-5-1-2-9-21(16)22)15-35-28(34)19-7-3-8-20(14-19)30-26(32)24-17-11-12-18(13-17)25(24)27(30)33/h1-10,14,17-18,24-25H,11-13,15H2,(H,29,31)/t17-,18-,24-,25+/m0/s1. The molecule has 1 N–H and O–H groups in total. The van der Waals surface area contributed by atoms with Crippen LogP contribution in [0.2, 0.25) is 0 Å². The highest BCUT2D eigenvalue weighted by Crippen LogP contribution is 2.56. The van der Waals surface area contributed by atoms with E-state index in [0.29, 0.717) is 23.2 Å². The first-order valence-corrected chi connectivity index (χ1v) is 11.9. The van der Waals surface area contributed by atoms with Gasteiger partial charge in [-0.3, -0.25) is 19.3 Å². The molecule has 1 heterocycles. The topological polar surface area (TPSA) is 92.8 Å². The predicted octanol–water partition coefficient (Wildman–Crippen LogP) is 4.17. The minimum atomic E-state index is -0.695. The van der Waals surface area contributed by atoms with E-state index in [-0.39, 0.29) is 29.2 Å². The van der Waals surface area contributed by atoms with E-state index in [1.54, 1.807) is 24.3 Å². The SMILES string of the molecule is O=C(COC(=O)c1cccc(N2C(=O)[C@@H]3[C@H]4CC[C@@H](C4)[C@@H]3C2=O)c1)Nc1cccc2ccccc12. The summed E-state index contributed by atoms with van der Waals surface area (Å²) >= 11 is 0. The van der Waals surface area contributed by atoms with E-state index in [2.05, 4.69) is 5.32 Å². The van der Waals surface area contributed by atoms with Crippen molar-refractivity contribution in [3.8, 4) is 0 Å². The Bertz CT molecular complexity index is 1350. The molecule has 7 nitrogen and oxygen atoms in total. The zero-order valence-corrected chi connectivity index (χ0v) is 19.0. The van der Waals surface area contributed by atoms with E-state index in [1.165, 1.54) is 11.0 Å². The van der Waals surface area contributed by atoms with Crippen LogP contribution in [0.25, 0.3) is 10.8 Å². The Hall–Kier alpha value is -4.00. The molecule has 7 heteroatoms. The van der Waals surface area contributed by atoms with Crippen LogP contribution >= 0.6 is 0 Å². The number of fused-ring (bicyclic) bond motifs is 6. The summed E-state index contributed by atoms with van der Waals surface area (Å²) in [6.07, 6.45) is 2.98. The largest absolute Gasteiger partial charge is 0.452 e. The molecule has 0 unspecified atom stereocenters. The zero-order valence-electron chi connectivity index (χ0n) is 19.0. The number of amides is 3. The maximum atomic E-state index is 13.1. The van der Waals surface area contributed by atoms with Crippen molar-refractivity contribution >= 4 is 45.8 Å². The maximum Gasteiger partial charge on any atom is 0.338 e. The van der Waals surface area contributed by atoms with Crippen LogP contribution in [0.5, 0.6) is 0 Å². The number of ether oxygens (including phenoxy) is 1. The molecule has 1 aliphatic heterocycles. The molecule has 3 fully saturated rings. The molecular formula is C28H24N2O5.